The minimum absolute atomic E-state index is 0.0457. The van der Waals surface area contributed by atoms with Crippen molar-refractivity contribution in [1.29, 1.82) is 0 Å². The molecule has 0 radical (unpaired) electrons. The lowest BCUT2D eigenvalue weighted by atomic mass is 10.1. The van der Waals surface area contributed by atoms with Crippen molar-refractivity contribution in [2.75, 3.05) is 0 Å². The van der Waals surface area contributed by atoms with Crippen molar-refractivity contribution in [2.45, 2.75) is 32.9 Å². The van der Waals surface area contributed by atoms with E-state index in [1.807, 2.05) is 32.9 Å². The van der Waals surface area contributed by atoms with Crippen LogP contribution in [0.25, 0.3) is 0 Å². The van der Waals surface area contributed by atoms with Crippen LogP contribution in [0.3, 0.4) is 0 Å². The van der Waals surface area contributed by atoms with Gasteiger partial charge in [0.2, 0.25) is 0 Å². The van der Waals surface area contributed by atoms with Gasteiger partial charge in [0.15, 0.2) is 0 Å². The van der Waals surface area contributed by atoms with Crippen LogP contribution < -0.4 is 10.5 Å². The Hall–Kier alpha value is -0.730. The van der Waals surface area contributed by atoms with Crippen molar-refractivity contribution in [3.05, 3.63) is 28.8 Å². The van der Waals surface area contributed by atoms with Crippen molar-refractivity contribution in [2.24, 2.45) is 5.73 Å². The normalized spacial score (nSPS) is 13.0. The number of ether oxygens (including phenoxy) is 1. The minimum atomic E-state index is -0.0457. The van der Waals surface area contributed by atoms with Crippen LogP contribution in [0.2, 0.25) is 5.02 Å². The Morgan fingerprint density at radius 3 is 2.36 bits per heavy atom. The molecule has 0 spiro atoms. The van der Waals surface area contributed by atoms with E-state index in [4.69, 9.17) is 22.1 Å². The second kappa shape index (κ2) is 4.67. The van der Waals surface area contributed by atoms with Crippen molar-refractivity contribution in [3.8, 4) is 5.75 Å². The predicted molar refractivity (Wildman–Crippen MR) is 59.8 cm³/mol. The van der Waals surface area contributed by atoms with Crippen LogP contribution in [0.1, 0.15) is 32.4 Å². The Balaban J connectivity index is 2.89. The van der Waals surface area contributed by atoms with Gasteiger partial charge in [0.1, 0.15) is 5.75 Å². The summed E-state index contributed by atoms with van der Waals surface area (Å²) in [7, 11) is 0. The zero-order valence-electron chi connectivity index (χ0n) is 8.75. The molecule has 2 N–H and O–H groups in total. The van der Waals surface area contributed by atoms with Gasteiger partial charge in [-0.15, -0.1) is 0 Å². The smallest absolute Gasteiger partial charge is 0.121 e. The highest BCUT2D eigenvalue weighted by Crippen LogP contribution is 2.26. The molecule has 1 unspecified atom stereocenters. The average Bonchev–Trinajstić information content (AvgIpc) is 2.01. The summed E-state index contributed by atoms with van der Waals surface area (Å²) >= 11 is 6.05. The van der Waals surface area contributed by atoms with Gasteiger partial charge < -0.3 is 10.5 Å². The van der Waals surface area contributed by atoms with E-state index in [1.165, 1.54) is 0 Å². The van der Waals surface area contributed by atoms with Crippen LogP contribution in [0, 0.1) is 0 Å². The molecule has 0 fully saturated rings. The number of nitrogens with two attached hydrogens (primary N) is 1. The van der Waals surface area contributed by atoms with E-state index in [2.05, 4.69) is 0 Å². The SMILES string of the molecule is CC(C)Oc1ccc(C(C)N)c(Cl)c1. The molecule has 0 aliphatic rings. The standard InChI is InChI=1S/C11H16ClNO/c1-7(2)14-9-4-5-10(8(3)13)11(12)6-9/h4-8H,13H2,1-3H3. The Morgan fingerprint density at radius 1 is 1.29 bits per heavy atom. The number of rotatable bonds is 3. The topological polar surface area (TPSA) is 35.2 Å². The van der Waals surface area contributed by atoms with Gasteiger partial charge in [0.25, 0.3) is 0 Å². The summed E-state index contributed by atoms with van der Waals surface area (Å²) in [4.78, 5) is 0. The lowest BCUT2D eigenvalue weighted by Crippen LogP contribution is -2.08. The highest BCUT2D eigenvalue weighted by atomic mass is 35.5. The van der Waals surface area contributed by atoms with Gasteiger partial charge in [-0.2, -0.15) is 0 Å². The molecule has 0 aliphatic heterocycles. The zero-order valence-corrected chi connectivity index (χ0v) is 9.51. The Morgan fingerprint density at radius 2 is 1.93 bits per heavy atom. The molecule has 1 atom stereocenters. The molecule has 1 rings (SSSR count). The van der Waals surface area contributed by atoms with Crippen LogP contribution in [0.15, 0.2) is 18.2 Å². The van der Waals surface area contributed by atoms with Gasteiger partial charge in [0.05, 0.1) is 6.10 Å². The first-order valence-electron chi connectivity index (χ1n) is 4.72. The number of hydrogen-bond acceptors (Lipinski definition) is 2. The van der Waals surface area contributed by atoms with E-state index in [1.54, 1.807) is 6.07 Å². The van der Waals surface area contributed by atoms with Crippen LogP contribution in [0.4, 0.5) is 0 Å². The first-order chi connectivity index (χ1) is 6.50. The van der Waals surface area contributed by atoms with Gasteiger partial charge in [-0.05, 0) is 38.5 Å². The van der Waals surface area contributed by atoms with Gasteiger partial charge in [-0.1, -0.05) is 17.7 Å². The zero-order chi connectivity index (χ0) is 10.7. The van der Waals surface area contributed by atoms with Crippen LogP contribution in [-0.4, -0.2) is 6.10 Å². The van der Waals surface area contributed by atoms with Gasteiger partial charge in [-0.25, -0.2) is 0 Å². The second-order valence-electron chi connectivity index (χ2n) is 3.64. The third-order valence-corrected chi connectivity index (χ3v) is 2.16. The number of halogens is 1. The summed E-state index contributed by atoms with van der Waals surface area (Å²) in [6.45, 7) is 5.87. The largest absolute Gasteiger partial charge is 0.491 e. The molecule has 0 aromatic heterocycles. The van der Waals surface area contributed by atoms with Crippen LogP contribution >= 0.6 is 11.6 Å². The number of benzene rings is 1. The van der Waals surface area contributed by atoms with E-state index in [9.17, 15) is 0 Å². The molecule has 14 heavy (non-hydrogen) atoms. The summed E-state index contributed by atoms with van der Waals surface area (Å²) in [5, 5.41) is 0.665. The monoisotopic (exact) mass is 213 g/mol. The fourth-order valence-electron chi connectivity index (χ4n) is 1.22. The minimum Gasteiger partial charge on any atom is -0.491 e. The van der Waals surface area contributed by atoms with Gasteiger partial charge in [0, 0.05) is 11.1 Å². The maximum absolute atomic E-state index is 6.05. The fraction of sp³-hybridized carbons (Fsp3) is 0.455. The van der Waals surface area contributed by atoms with E-state index in [-0.39, 0.29) is 12.1 Å². The third kappa shape index (κ3) is 2.89. The van der Waals surface area contributed by atoms with E-state index in [0.717, 1.165) is 11.3 Å². The van der Waals surface area contributed by atoms with E-state index < -0.39 is 0 Å². The van der Waals surface area contributed by atoms with E-state index in [0.29, 0.717) is 5.02 Å². The molecule has 78 valence electrons. The predicted octanol–water partition coefficient (Wildman–Crippen LogP) is 3.15. The first-order valence-corrected chi connectivity index (χ1v) is 5.10. The highest BCUT2D eigenvalue weighted by molar-refractivity contribution is 6.31. The molecular weight excluding hydrogens is 198 g/mol. The second-order valence-corrected chi connectivity index (χ2v) is 4.05. The molecule has 0 amide bonds. The lowest BCUT2D eigenvalue weighted by molar-refractivity contribution is 0.242. The molecule has 2 nitrogen and oxygen atoms in total. The van der Waals surface area contributed by atoms with Gasteiger partial charge >= 0.3 is 0 Å². The summed E-state index contributed by atoms with van der Waals surface area (Å²) < 4.78 is 5.50. The molecule has 1 aromatic rings. The van der Waals surface area contributed by atoms with E-state index >= 15 is 0 Å². The summed E-state index contributed by atoms with van der Waals surface area (Å²) in [5.74, 6) is 0.786. The summed E-state index contributed by atoms with van der Waals surface area (Å²) in [6.07, 6.45) is 0.159. The maximum atomic E-state index is 6.05. The maximum Gasteiger partial charge on any atom is 0.121 e. The molecule has 0 saturated carbocycles. The molecule has 1 aromatic carbocycles. The first kappa shape index (κ1) is 11.3. The summed E-state index contributed by atoms with van der Waals surface area (Å²) in [6, 6.07) is 5.56. The van der Waals surface area contributed by atoms with Crippen molar-refractivity contribution >= 4 is 11.6 Å². The van der Waals surface area contributed by atoms with Crippen molar-refractivity contribution in [1.82, 2.24) is 0 Å². The quantitative estimate of drug-likeness (QED) is 0.837. The number of hydrogen-bond donors (Lipinski definition) is 1. The molecule has 0 aliphatic carbocycles. The lowest BCUT2D eigenvalue weighted by Gasteiger charge is -2.13. The van der Waals surface area contributed by atoms with Crippen LogP contribution in [-0.2, 0) is 0 Å². The fourth-order valence-corrected chi connectivity index (χ4v) is 1.57. The Kier molecular flexibility index (Phi) is 3.78. The molecule has 3 heteroatoms. The Labute approximate surface area is 90.0 Å². The van der Waals surface area contributed by atoms with Crippen molar-refractivity contribution in [3.63, 3.8) is 0 Å². The highest BCUT2D eigenvalue weighted by Gasteiger charge is 2.06. The molecule has 0 heterocycles. The van der Waals surface area contributed by atoms with Crippen LogP contribution in [0.5, 0.6) is 5.75 Å². The van der Waals surface area contributed by atoms with Crippen molar-refractivity contribution < 1.29 is 4.74 Å². The van der Waals surface area contributed by atoms with Gasteiger partial charge in [-0.3, -0.25) is 0 Å². The molecule has 0 saturated heterocycles. The molecular formula is C11H16ClNO. The average molecular weight is 214 g/mol. The Bertz CT molecular complexity index is 310. The molecule has 0 bridgehead atoms. The summed E-state index contributed by atoms with van der Waals surface area (Å²) in [5.41, 5.74) is 6.69. The third-order valence-electron chi connectivity index (χ3n) is 1.83.